The van der Waals surface area contributed by atoms with Gasteiger partial charge in [-0.05, 0) is 56.8 Å². The lowest BCUT2D eigenvalue weighted by atomic mass is 9.96. The number of hydrogen-bond donors (Lipinski definition) is 2. The maximum atomic E-state index is 11.7. The number of benzene rings is 1. The molecule has 164 valence electrons. The highest BCUT2D eigenvalue weighted by Crippen LogP contribution is 2.22. The molecule has 0 bridgehead atoms. The minimum Gasteiger partial charge on any atom is -0.357 e. The highest BCUT2D eigenvalue weighted by atomic mass is 127. The van der Waals surface area contributed by atoms with Crippen LogP contribution in [0, 0.1) is 5.92 Å². The monoisotopic (exact) mass is 554 g/mol. The van der Waals surface area contributed by atoms with Crippen LogP contribution in [0.25, 0.3) is 0 Å². The van der Waals surface area contributed by atoms with Gasteiger partial charge in [-0.2, -0.15) is 0 Å². The van der Waals surface area contributed by atoms with Crippen LogP contribution in [0.15, 0.2) is 29.3 Å². The second-order valence-corrected chi connectivity index (χ2v) is 10.4. The summed E-state index contributed by atoms with van der Waals surface area (Å²) in [5, 5.41) is 7.37. The third-order valence-electron chi connectivity index (χ3n) is 5.48. The normalized spacial score (nSPS) is 22.8. The van der Waals surface area contributed by atoms with Crippen LogP contribution < -0.4 is 10.6 Å². The number of halogens is 2. The maximum Gasteiger partial charge on any atom is 0.191 e. The van der Waals surface area contributed by atoms with Gasteiger partial charge in [0.1, 0.15) is 0 Å². The Kier molecular flexibility index (Phi) is 9.97. The van der Waals surface area contributed by atoms with Crippen LogP contribution in [0.5, 0.6) is 0 Å². The molecule has 2 aliphatic heterocycles. The molecule has 0 aliphatic carbocycles. The van der Waals surface area contributed by atoms with Crippen LogP contribution in [0.4, 0.5) is 0 Å². The number of hydrogen-bond acceptors (Lipinski definition) is 4. The van der Waals surface area contributed by atoms with Gasteiger partial charge in [-0.1, -0.05) is 29.8 Å². The molecule has 1 unspecified atom stereocenters. The van der Waals surface area contributed by atoms with E-state index in [0.29, 0.717) is 12.3 Å². The van der Waals surface area contributed by atoms with Crippen LogP contribution >= 0.6 is 35.6 Å². The topological polar surface area (TPSA) is 73.8 Å². The minimum atomic E-state index is -2.89. The average Bonchev–Trinajstić information content (AvgIpc) is 3.01. The number of likely N-dealkylation sites (tertiary alicyclic amines) is 1. The molecular weight excluding hydrogens is 523 g/mol. The summed E-state index contributed by atoms with van der Waals surface area (Å²) < 4.78 is 23.3. The minimum absolute atomic E-state index is 0. The van der Waals surface area contributed by atoms with Crippen molar-refractivity contribution in [2.75, 3.05) is 37.7 Å². The molecule has 1 aromatic carbocycles. The third kappa shape index (κ3) is 7.88. The summed E-state index contributed by atoms with van der Waals surface area (Å²) >= 11 is 6.28. The van der Waals surface area contributed by atoms with Crippen molar-refractivity contribution in [3.05, 3.63) is 34.9 Å². The number of guanidine groups is 1. The van der Waals surface area contributed by atoms with E-state index in [1.807, 2.05) is 25.1 Å². The van der Waals surface area contributed by atoms with Gasteiger partial charge in [0, 0.05) is 30.7 Å². The van der Waals surface area contributed by atoms with Crippen molar-refractivity contribution in [3.63, 3.8) is 0 Å². The molecule has 1 aromatic rings. The second-order valence-electron chi connectivity index (χ2n) is 7.77. The van der Waals surface area contributed by atoms with E-state index in [0.717, 1.165) is 56.5 Å². The molecule has 0 radical (unpaired) electrons. The third-order valence-corrected chi connectivity index (χ3v) is 7.62. The fourth-order valence-electron chi connectivity index (χ4n) is 3.84. The molecule has 2 aliphatic rings. The molecule has 3 rings (SSSR count). The molecule has 29 heavy (non-hydrogen) atoms. The molecule has 2 fully saturated rings. The molecule has 2 N–H and O–H groups in total. The molecule has 0 spiro atoms. The quantitative estimate of drug-likeness (QED) is 0.321. The smallest absolute Gasteiger partial charge is 0.191 e. The zero-order chi connectivity index (χ0) is 20.0. The number of nitrogens with zero attached hydrogens (tertiary/aromatic N) is 2. The van der Waals surface area contributed by atoms with Gasteiger partial charge in [0.15, 0.2) is 15.8 Å². The first-order valence-electron chi connectivity index (χ1n) is 10.2. The van der Waals surface area contributed by atoms with Gasteiger partial charge in [0.25, 0.3) is 0 Å². The Morgan fingerprint density at radius 2 is 1.97 bits per heavy atom. The van der Waals surface area contributed by atoms with Crippen molar-refractivity contribution < 1.29 is 8.42 Å². The van der Waals surface area contributed by atoms with Crippen LogP contribution in [-0.2, 0) is 16.4 Å². The van der Waals surface area contributed by atoms with E-state index in [1.54, 1.807) is 0 Å². The Hall–Kier alpha value is -0.580. The van der Waals surface area contributed by atoms with Crippen molar-refractivity contribution in [1.82, 2.24) is 15.5 Å². The lowest BCUT2D eigenvalue weighted by molar-refractivity contribution is 0.180. The number of nitrogens with one attached hydrogen (secondary N) is 2. The highest BCUT2D eigenvalue weighted by Gasteiger charge is 2.28. The van der Waals surface area contributed by atoms with Crippen LogP contribution in [0.1, 0.15) is 31.7 Å². The van der Waals surface area contributed by atoms with E-state index in [-0.39, 0.29) is 41.5 Å². The fourth-order valence-corrected chi connectivity index (χ4v) is 5.71. The average molecular weight is 555 g/mol. The Morgan fingerprint density at radius 3 is 2.59 bits per heavy atom. The van der Waals surface area contributed by atoms with Crippen molar-refractivity contribution in [3.8, 4) is 0 Å². The molecule has 2 saturated heterocycles. The first-order valence-corrected chi connectivity index (χ1v) is 12.4. The first-order chi connectivity index (χ1) is 13.4. The van der Waals surface area contributed by atoms with Crippen LogP contribution in [-0.4, -0.2) is 63.0 Å². The number of rotatable bonds is 6. The highest BCUT2D eigenvalue weighted by molar-refractivity contribution is 14.0. The summed E-state index contributed by atoms with van der Waals surface area (Å²) in [7, 11) is -2.89. The fraction of sp³-hybridized carbons (Fsp3) is 0.650. The number of piperidine rings is 1. The van der Waals surface area contributed by atoms with Crippen LogP contribution in [0.2, 0.25) is 5.02 Å². The Labute approximate surface area is 196 Å². The maximum absolute atomic E-state index is 11.7. The van der Waals surface area contributed by atoms with Gasteiger partial charge in [-0.3, -0.25) is 9.89 Å². The summed E-state index contributed by atoms with van der Waals surface area (Å²) in [4.78, 5) is 7.18. The van der Waals surface area contributed by atoms with E-state index in [9.17, 15) is 8.42 Å². The molecule has 0 saturated carbocycles. The number of sulfone groups is 1. The van der Waals surface area contributed by atoms with E-state index >= 15 is 0 Å². The van der Waals surface area contributed by atoms with Gasteiger partial charge in [0.05, 0.1) is 11.5 Å². The second kappa shape index (κ2) is 11.7. The first kappa shape index (κ1) is 24.7. The van der Waals surface area contributed by atoms with Gasteiger partial charge in [-0.15, -0.1) is 24.0 Å². The van der Waals surface area contributed by atoms with Crippen molar-refractivity contribution in [2.24, 2.45) is 10.9 Å². The molecule has 0 aromatic heterocycles. The van der Waals surface area contributed by atoms with E-state index in [2.05, 4.69) is 21.6 Å². The zero-order valence-electron chi connectivity index (χ0n) is 16.9. The van der Waals surface area contributed by atoms with Gasteiger partial charge < -0.3 is 10.6 Å². The lowest BCUT2D eigenvalue weighted by Crippen LogP contribution is -2.44. The Morgan fingerprint density at radius 1 is 1.24 bits per heavy atom. The Balaban J connectivity index is 0.00000300. The van der Waals surface area contributed by atoms with Crippen molar-refractivity contribution in [1.29, 1.82) is 0 Å². The summed E-state index contributed by atoms with van der Waals surface area (Å²) in [5.74, 6) is 1.78. The summed E-state index contributed by atoms with van der Waals surface area (Å²) in [6, 6.07) is 8.01. The summed E-state index contributed by atoms with van der Waals surface area (Å²) in [6.07, 6.45) is 2.89. The molecule has 0 amide bonds. The zero-order valence-corrected chi connectivity index (χ0v) is 20.8. The summed E-state index contributed by atoms with van der Waals surface area (Å²) in [5.41, 5.74) is 1.19. The van der Waals surface area contributed by atoms with E-state index in [4.69, 9.17) is 16.6 Å². The van der Waals surface area contributed by atoms with Crippen molar-refractivity contribution in [2.45, 2.75) is 38.8 Å². The van der Waals surface area contributed by atoms with Gasteiger partial charge in [-0.25, -0.2) is 8.42 Å². The van der Waals surface area contributed by atoms with Crippen molar-refractivity contribution >= 4 is 51.4 Å². The van der Waals surface area contributed by atoms with E-state index in [1.165, 1.54) is 5.56 Å². The Bertz CT molecular complexity index is 782. The van der Waals surface area contributed by atoms with E-state index < -0.39 is 9.84 Å². The lowest BCUT2D eigenvalue weighted by Gasteiger charge is -2.31. The number of aliphatic imine (C=N–C) groups is 1. The predicted octanol–water partition coefficient (Wildman–Crippen LogP) is 2.91. The SMILES string of the molecule is CCNC(=NCC1CCN(Cc2ccccc2Cl)CC1)NC1CCS(=O)(=O)C1.I. The molecule has 9 heteroatoms. The largest absolute Gasteiger partial charge is 0.357 e. The van der Waals surface area contributed by atoms with Gasteiger partial charge in [0.2, 0.25) is 0 Å². The molecular formula is C20H32ClIN4O2S. The molecule has 1 atom stereocenters. The van der Waals surface area contributed by atoms with Crippen LogP contribution in [0.3, 0.4) is 0 Å². The molecule has 6 nitrogen and oxygen atoms in total. The standard InChI is InChI=1S/C20H31ClN4O2S.HI/c1-2-22-20(24-18-9-12-28(26,27)15-18)23-13-16-7-10-25(11-8-16)14-17-5-3-4-6-19(17)21;/h3-6,16,18H,2,7-15H2,1H3,(H2,22,23,24);1H. The van der Waals surface area contributed by atoms with Gasteiger partial charge >= 0.3 is 0 Å². The molecule has 2 heterocycles. The summed E-state index contributed by atoms with van der Waals surface area (Å²) in [6.45, 7) is 6.56. The predicted molar refractivity (Wildman–Crippen MR) is 131 cm³/mol.